The lowest BCUT2D eigenvalue weighted by Crippen LogP contribution is -2.15. The van der Waals surface area contributed by atoms with Gasteiger partial charge in [0.05, 0.1) is 10.9 Å². The van der Waals surface area contributed by atoms with E-state index in [1.807, 2.05) is 24.4 Å². The average molecular weight is 474 g/mol. The van der Waals surface area contributed by atoms with Crippen LogP contribution in [0.1, 0.15) is 16.3 Å². The van der Waals surface area contributed by atoms with Crippen molar-refractivity contribution < 1.29 is 13.2 Å². The number of halogens is 3. The van der Waals surface area contributed by atoms with Gasteiger partial charge in [0, 0.05) is 26.3 Å². The number of hydrogen-bond donors (Lipinski definition) is 1. The minimum atomic E-state index is -4.47. The summed E-state index contributed by atoms with van der Waals surface area (Å²) in [6.07, 6.45) is -4.47. The molecule has 0 amide bonds. The zero-order valence-corrected chi connectivity index (χ0v) is 18.0. The fourth-order valence-electron chi connectivity index (χ4n) is 3.22. The summed E-state index contributed by atoms with van der Waals surface area (Å²) in [5, 5.41) is 14.3. The van der Waals surface area contributed by atoms with Crippen molar-refractivity contribution in [2.45, 2.75) is 19.6 Å². The molecule has 0 unspecified atom stereocenters. The maximum Gasteiger partial charge on any atom is 0.416 e. The van der Waals surface area contributed by atoms with E-state index in [0.29, 0.717) is 16.0 Å². The van der Waals surface area contributed by atoms with Gasteiger partial charge in [-0.1, -0.05) is 12.1 Å². The van der Waals surface area contributed by atoms with Crippen molar-refractivity contribution in [3.8, 4) is 21.8 Å². The van der Waals surface area contributed by atoms with Crippen LogP contribution in [0.25, 0.3) is 32.0 Å². The summed E-state index contributed by atoms with van der Waals surface area (Å²) < 4.78 is 38.9. The highest BCUT2D eigenvalue weighted by Crippen LogP contribution is 2.35. The number of aromatic amines is 1. The fourth-order valence-corrected chi connectivity index (χ4v) is 5.15. The summed E-state index contributed by atoms with van der Waals surface area (Å²) in [7, 11) is 0. The summed E-state index contributed by atoms with van der Waals surface area (Å²) in [4.78, 5) is 23.9. The Morgan fingerprint density at radius 2 is 2.03 bits per heavy atom. The lowest BCUT2D eigenvalue weighted by Gasteiger charge is -2.06. The maximum atomic E-state index is 13.0. The number of alkyl halides is 3. The number of thiophene rings is 2. The number of benzene rings is 1. The van der Waals surface area contributed by atoms with Crippen LogP contribution >= 0.6 is 22.7 Å². The summed E-state index contributed by atoms with van der Waals surface area (Å²) >= 11 is 2.97. The molecule has 1 aromatic carbocycles. The first kappa shape index (κ1) is 20.5. The predicted molar refractivity (Wildman–Crippen MR) is 116 cm³/mol. The van der Waals surface area contributed by atoms with Gasteiger partial charge in [0.15, 0.2) is 0 Å². The third-order valence-corrected chi connectivity index (χ3v) is 6.60. The van der Waals surface area contributed by atoms with Crippen molar-refractivity contribution in [2.75, 3.05) is 0 Å². The van der Waals surface area contributed by atoms with E-state index in [2.05, 4.69) is 25.4 Å². The molecule has 0 saturated heterocycles. The zero-order valence-electron chi connectivity index (χ0n) is 16.3. The van der Waals surface area contributed by atoms with Gasteiger partial charge in [-0.3, -0.25) is 4.79 Å². The van der Waals surface area contributed by atoms with Crippen LogP contribution in [0.5, 0.6) is 0 Å². The lowest BCUT2D eigenvalue weighted by molar-refractivity contribution is -0.137. The smallest absolute Gasteiger partial charge is 0.308 e. The molecule has 0 aliphatic rings. The second kappa shape index (κ2) is 7.64. The SMILES string of the molecule is Cc1ccc(-c2csc3nc(Cn4nnc(-c5cccc(C(F)(F)F)c5)n4)[nH]c(=O)c23)s1. The highest BCUT2D eigenvalue weighted by atomic mass is 32.1. The van der Waals surface area contributed by atoms with Crippen LogP contribution in [0.4, 0.5) is 13.2 Å². The van der Waals surface area contributed by atoms with E-state index in [-0.39, 0.29) is 23.5 Å². The van der Waals surface area contributed by atoms with E-state index in [1.165, 1.54) is 28.3 Å². The number of aryl methyl sites for hydroxylation is 1. The van der Waals surface area contributed by atoms with Crippen LogP contribution in [0.2, 0.25) is 0 Å². The van der Waals surface area contributed by atoms with Crippen LogP contribution in [0.3, 0.4) is 0 Å². The van der Waals surface area contributed by atoms with E-state index in [9.17, 15) is 18.0 Å². The molecule has 0 bridgehead atoms. The van der Waals surface area contributed by atoms with E-state index in [4.69, 9.17) is 0 Å². The molecule has 1 N–H and O–H groups in total. The second-order valence-electron chi connectivity index (χ2n) is 6.97. The largest absolute Gasteiger partial charge is 0.416 e. The molecule has 0 atom stereocenters. The topological polar surface area (TPSA) is 89.3 Å². The van der Waals surface area contributed by atoms with Gasteiger partial charge in [-0.2, -0.15) is 18.0 Å². The Morgan fingerprint density at radius 1 is 1.19 bits per heavy atom. The molecule has 0 spiro atoms. The Balaban J connectivity index is 1.44. The Morgan fingerprint density at radius 3 is 2.78 bits per heavy atom. The Labute approximate surface area is 186 Å². The molecule has 32 heavy (non-hydrogen) atoms. The molecule has 162 valence electrons. The van der Waals surface area contributed by atoms with Crippen LogP contribution in [-0.4, -0.2) is 30.2 Å². The summed E-state index contributed by atoms with van der Waals surface area (Å²) in [5.41, 5.74) is -0.0333. The lowest BCUT2D eigenvalue weighted by atomic mass is 10.1. The maximum absolute atomic E-state index is 13.0. The normalized spacial score (nSPS) is 12.0. The molecule has 5 rings (SSSR count). The van der Waals surface area contributed by atoms with Crippen LogP contribution in [-0.2, 0) is 12.7 Å². The van der Waals surface area contributed by atoms with Crippen molar-refractivity contribution in [1.82, 2.24) is 30.2 Å². The zero-order chi connectivity index (χ0) is 22.5. The van der Waals surface area contributed by atoms with E-state index in [0.717, 1.165) is 27.5 Å². The van der Waals surface area contributed by atoms with Crippen LogP contribution in [0, 0.1) is 6.92 Å². The third kappa shape index (κ3) is 3.82. The average Bonchev–Trinajstić information content (AvgIpc) is 3.47. The molecular formula is C20H13F3N6OS2. The summed E-state index contributed by atoms with van der Waals surface area (Å²) in [5.74, 6) is 0.372. The van der Waals surface area contributed by atoms with Gasteiger partial charge in [-0.15, -0.1) is 32.9 Å². The Hall–Kier alpha value is -3.38. The van der Waals surface area contributed by atoms with E-state index >= 15 is 0 Å². The first-order valence-corrected chi connectivity index (χ1v) is 11.0. The second-order valence-corrected chi connectivity index (χ2v) is 9.12. The van der Waals surface area contributed by atoms with E-state index < -0.39 is 11.7 Å². The summed E-state index contributed by atoms with van der Waals surface area (Å²) in [6, 6.07) is 8.68. The molecular weight excluding hydrogens is 461 g/mol. The number of nitrogens with one attached hydrogen (secondary N) is 1. The summed E-state index contributed by atoms with van der Waals surface area (Å²) in [6.45, 7) is 2.02. The highest BCUT2D eigenvalue weighted by molar-refractivity contribution is 7.19. The molecule has 0 aliphatic carbocycles. The third-order valence-electron chi connectivity index (χ3n) is 4.69. The highest BCUT2D eigenvalue weighted by Gasteiger charge is 2.30. The van der Waals surface area contributed by atoms with Gasteiger partial charge < -0.3 is 4.98 Å². The molecule has 0 radical (unpaired) electrons. The van der Waals surface area contributed by atoms with Crippen molar-refractivity contribution in [3.63, 3.8) is 0 Å². The standard InChI is InChI=1S/C20H13F3N6OS2/c1-10-5-6-14(32-10)13-9-31-19-16(13)18(30)24-15(25-19)8-29-27-17(26-28-29)11-3-2-4-12(7-11)20(21,22)23/h2-7,9H,8H2,1H3,(H,24,25,30). The molecule has 0 saturated carbocycles. The molecule has 0 fully saturated rings. The van der Waals surface area contributed by atoms with Gasteiger partial charge in [0.25, 0.3) is 5.56 Å². The Kier molecular flexibility index (Phi) is 4.90. The van der Waals surface area contributed by atoms with Gasteiger partial charge in [0.2, 0.25) is 5.82 Å². The van der Waals surface area contributed by atoms with Crippen molar-refractivity contribution in [1.29, 1.82) is 0 Å². The number of hydrogen-bond acceptors (Lipinski definition) is 7. The van der Waals surface area contributed by atoms with Crippen molar-refractivity contribution >= 4 is 32.9 Å². The number of aromatic nitrogens is 6. The first-order chi connectivity index (χ1) is 15.3. The molecule has 0 aliphatic heterocycles. The van der Waals surface area contributed by atoms with Gasteiger partial charge in [0.1, 0.15) is 17.2 Å². The minimum Gasteiger partial charge on any atom is -0.308 e. The number of rotatable bonds is 4. The monoisotopic (exact) mass is 474 g/mol. The van der Waals surface area contributed by atoms with E-state index in [1.54, 1.807) is 11.3 Å². The van der Waals surface area contributed by atoms with Crippen LogP contribution in [0.15, 0.2) is 46.6 Å². The molecule has 7 nitrogen and oxygen atoms in total. The molecule has 4 aromatic heterocycles. The number of tetrazole rings is 1. The molecule has 5 aromatic rings. The van der Waals surface area contributed by atoms with Gasteiger partial charge >= 0.3 is 6.18 Å². The Bertz CT molecular complexity index is 1500. The minimum absolute atomic E-state index is 0.0164. The predicted octanol–water partition coefficient (Wildman–Crippen LogP) is 4.74. The van der Waals surface area contributed by atoms with Gasteiger partial charge in [-0.25, -0.2) is 4.98 Å². The number of H-pyrrole nitrogens is 1. The molecule has 4 heterocycles. The first-order valence-electron chi connectivity index (χ1n) is 9.30. The van der Waals surface area contributed by atoms with Crippen LogP contribution < -0.4 is 5.56 Å². The fraction of sp³-hybridized carbons (Fsp3) is 0.150. The molecule has 12 heteroatoms. The van der Waals surface area contributed by atoms with Crippen molar-refractivity contribution in [3.05, 3.63) is 68.4 Å². The quantitative estimate of drug-likeness (QED) is 0.406. The number of nitrogens with zero attached hydrogens (tertiary/aromatic N) is 5. The van der Waals surface area contributed by atoms with Gasteiger partial charge in [-0.05, 0) is 36.4 Å². The van der Waals surface area contributed by atoms with Crippen molar-refractivity contribution in [2.24, 2.45) is 0 Å². The number of fused-ring (bicyclic) bond motifs is 1.